The van der Waals surface area contributed by atoms with Crippen LogP contribution in [0.1, 0.15) is 6.92 Å². The van der Waals surface area contributed by atoms with E-state index in [2.05, 4.69) is 16.5 Å². The average Bonchev–Trinajstić information content (AvgIpc) is 2.81. The van der Waals surface area contributed by atoms with Crippen molar-refractivity contribution in [3.63, 3.8) is 0 Å². The number of piperazine rings is 1. The third-order valence-corrected chi connectivity index (χ3v) is 6.77. The van der Waals surface area contributed by atoms with E-state index in [1.54, 1.807) is 18.0 Å². The Balaban J connectivity index is 1.72. The average molecular weight is 485 g/mol. The smallest absolute Gasteiger partial charge is 0.296 e. The zero-order chi connectivity index (χ0) is 24.3. The van der Waals surface area contributed by atoms with E-state index in [1.165, 1.54) is 28.8 Å². The molecule has 2 aliphatic heterocycles. The van der Waals surface area contributed by atoms with Crippen LogP contribution in [0, 0.1) is 5.82 Å². The molecular formula is C24H22ClFN4O4. The molecule has 1 N–H and O–H groups in total. The SMILES string of the molecule is C=CC(=O)N1CC2COc3c(c4cc(Cl)c(-c5c(O)cccc5F)nc4n(C)c3=O)N2CC1C. The Labute approximate surface area is 199 Å². The fraction of sp³-hybridized carbons (Fsp3) is 0.292. The summed E-state index contributed by atoms with van der Waals surface area (Å²) in [6.07, 6.45) is 1.29. The number of aromatic nitrogens is 2. The van der Waals surface area contributed by atoms with Crippen molar-refractivity contribution in [2.75, 3.05) is 24.6 Å². The Morgan fingerprint density at radius 1 is 1.38 bits per heavy atom. The van der Waals surface area contributed by atoms with Gasteiger partial charge in [-0.2, -0.15) is 0 Å². The summed E-state index contributed by atoms with van der Waals surface area (Å²) in [6.45, 7) is 6.63. The van der Waals surface area contributed by atoms with Crippen molar-refractivity contribution < 1.29 is 19.0 Å². The summed E-state index contributed by atoms with van der Waals surface area (Å²) in [7, 11) is 1.55. The standard InChI is InChI=1S/C24H22ClFN4O4/c1-4-18(32)29-10-13-11-34-22-21(30(13)9-12(29)2)14-8-15(25)20(27-23(14)28(3)24(22)33)19-16(26)6-5-7-17(19)31/h4-8,12-13,31H,1,9-11H2,2-3H3. The maximum absolute atomic E-state index is 14.6. The van der Waals surface area contributed by atoms with Crippen LogP contribution in [0.2, 0.25) is 5.02 Å². The zero-order valence-corrected chi connectivity index (χ0v) is 19.3. The molecule has 0 radical (unpaired) electrons. The number of rotatable bonds is 2. The molecule has 0 spiro atoms. The lowest BCUT2D eigenvalue weighted by Crippen LogP contribution is -2.62. The maximum Gasteiger partial charge on any atom is 0.296 e. The van der Waals surface area contributed by atoms with Gasteiger partial charge in [0, 0.05) is 31.6 Å². The molecule has 0 saturated carbocycles. The molecule has 3 aromatic rings. The molecule has 2 atom stereocenters. The van der Waals surface area contributed by atoms with Gasteiger partial charge in [-0.05, 0) is 31.2 Å². The number of benzene rings is 1. The second-order valence-corrected chi connectivity index (χ2v) is 8.93. The van der Waals surface area contributed by atoms with Crippen molar-refractivity contribution in [3.05, 3.63) is 58.1 Å². The third kappa shape index (κ3) is 3.22. The van der Waals surface area contributed by atoms with Gasteiger partial charge in [-0.25, -0.2) is 9.37 Å². The number of aryl methyl sites for hydroxylation is 1. The lowest BCUT2D eigenvalue weighted by atomic mass is 10.0. The van der Waals surface area contributed by atoms with Gasteiger partial charge in [0.15, 0.2) is 0 Å². The number of nitrogens with zero attached hydrogens (tertiary/aromatic N) is 4. The number of phenolic OH excluding ortho intramolecular Hbond substituents is 1. The van der Waals surface area contributed by atoms with Crippen LogP contribution in [0.4, 0.5) is 10.1 Å². The number of hydrogen-bond donors (Lipinski definition) is 1. The number of carbonyl (C=O) groups is 1. The molecular weight excluding hydrogens is 463 g/mol. The molecule has 34 heavy (non-hydrogen) atoms. The summed E-state index contributed by atoms with van der Waals surface area (Å²) in [5.74, 6) is -0.971. The fourth-order valence-electron chi connectivity index (χ4n) is 4.78. The van der Waals surface area contributed by atoms with E-state index in [0.29, 0.717) is 24.2 Å². The Morgan fingerprint density at radius 2 is 2.15 bits per heavy atom. The first-order valence-electron chi connectivity index (χ1n) is 10.8. The second kappa shape index (κ2) is 8.02. The molecule has 176 valence electrons. The van der Waals surface area contributed by atoms with Crippen LogP contribution in [-0.4, -0.2) is 57.2 Å². The first-order valence-corrected chi connectivity index (χ1v) is 11.1. The van der Waals surface area contributed by atoms with E-state index in [1.807, 2.05) is 6.92 Å². The van der Waals surface area contributed by atoms with Crippen LogP contribution in [-0.2, 0) is 11.8 Å². The van der Waals surface area contributed by atoms with Gasteiger partial charge in [-0.3, -0.25) is 14.2 Å². The minimum absolute atomic E-state index is 0.0303. The van der Waals surface area contributed by atoms with Crippen molar-refractivity contribution >= 4 is 34.2 Å². The van der Waals surface area contributed by atoms with Crippen LogP contribution in [0.3, 0.4) is 0 Å². The molecule has 5 rings (SSSR count). The molecule has 0 bridgehead atoms. The molecule has 1 saturated heterocycles. The summed E-state index contributed by atoms with van der Waals surface area (Å²) >= 11 is 6.55. The van der Waals surface area contributed by atoms with Crippen LogP contribution < -0.4 is 15.2 Å². The van der Waals surface area contributed by atoms with Crippen LogP contribution in [0.5, 0.6) is 11.5 Å². The minimum Gasteiger partial charge on any atom is -0.507 e. The molecule has 0 aliphatic carbocycles. The number of anilines is 1. The number of pyridine rings is 2. The lowest BCUT2D eigenvalue weighted by Gasteiger charge is -2.48. The van der Waals surface area contributed by atoms with Crippen molar-refractivity contribution in [1.29, 1.82) is 0 Å². The van der Waals surface area contributed by atoms with Gasteiger partial charge in [0.05, 0.1) is 28.0 Å². The molecule has 1 aromatic carbocycles. The molecule has 10 heteroatoms. The number of hydrogen-bond acceptors (Lipinski definition) is 6. The number of halogens is 2. The van der Waals surface area contributed by atoms with E-state index in [0.717, 1.165) is 0 Å². The van der Waals surface area contributed by atoms with Crippen molar-refractivity contribution in [2.45, 2.75) is 19.0 Å². The van der Waals surface area contributed by atoms with Gasteiger partial charge in [-0.15, -0.1) is 0 Å². The second-order valence-electron chi connectivity index (χ2n) is 8.53. The Morgan fingerprint density at radius 3 is 2.85 bits per heavy atom. The zero-order valence-electron chi connectivity index (χ0n) is 18.6. The van der Waals surface area contributed by atoms with E-state index in [9.17, 15) is 19.1 Å². The molecule has 4 heterocycles. The van der Waals surface area contributed by atoms with Crippen molar-refractivity contribution in [1.82, 2.24) is 14.5 Å². The van der Waals surface area contributed by atoms with Crippen molar-refractivity contribution in [2.24, 2.45) is 7.05 Å². The van der Waals surface area contributed by atoms with E-state index >= 15 is 0 Å². The van der Waals surface area contributed by atoms with Crippen molar-refractivity contribution in [3.8, 4) is 22.8 Å². The Kier molecular flexibility index (Phi) is 5.24. The van der Waals surface area contributed by atoms with Gasteiger partial charge in [0.1, 0.15) is 23.8 Å². The summed E-state index contributed by atoms with van der Waals surface area (Å²) < 4.78 is 21.8. The third-order valence-electron chi connectivity index (χ3n) is 6.48. The van der Waals surface area contributed by atoms with Gasteiger partial charge in [-0.1, -0.05) is 24.2 Å². The summed E-state index contributed by atoms with van der Waals surface area (Å²) in [5.41, 5.74) is 0.316. The summed E-state index contributed by atoms with van der Waals surface area (Å²) in [4.78, 5) is 33.8. The first-order chi connectivity index (χ1) is 16.2. The van der Waals surface area contributed by atoms with E-state index in [4.69, 9.17) is 16.3 Å². The topological polar surface area (TPSA) is 87.9 Å². The highest BCUT2D eigenvalue weighted by molar-refractivity contribution is 6.34. The first kappa shape index (κ1) is 22.2. The Bertz CT molecular complexity index is 1400. The number of phenols is 1. The molecule has 2 aromatic heterocycles. The largest absolute Gasteiger partial charge is 0.507 e. The predicted octanol–water partition coefficient (Wildman–Crippen LogP) is 3.08. The molecule has 2 aliphatic rings. The summed E-state index contributed by atoms with van der Waals surface area (Å²) in [6, 6.07) is 5.22. The highest BCUT2D eigenvalue weighted by Crippen LogP contribution is 2.43. The highest BCUT2D eigenvalue weighted by atomic mass is 35.5. The normalized spacial score (nSPS) is 19.4. The van der Waals surface area contributed by atoms with E-state index < -0.39 is 11.4 Å². The fourth-order valence-corrected chi connectivity index (χ4v) is 5.02. The molecule has 1 amide bonds. The number of aromatic hydroxyl groups is 1. The summed E-state index contributed by atoms with van der Waals surface area (Å²) in [5, 5.41) is 10.9. The Hall–Kier alpha value is -3.59. The molecule has 1 fully saturated rings. The number of fused-ring (bicyclic) bond motifs is 5. The molecule has 8 nitrogen and oxygen atoms in total. The van der Waals surface area contributed by atoms with Gasteiger partial charge in [0.2, 0.25) is 11.7 Å². The monoisotopic (exact) mass is 484 g/mol. The highest BCUT2D eigenvalue weighted by Gasteiger charge is 2.40. The maximum atomic E-state index is 14.6. The minimum atomic E-state index is -0.683. The van der Waals surface area contributed by atoms with Gasteiger partial charge < -0.3 is 19.6 Å². The van der Waals surface area contributed by atoms with Crippen LogP contribution in [0.25, 0.3) is 22.3 Å². The quantitative estimate of drug-likeness (QED) is 0.562. The molecule has 2 unspecified atom stereocenters. The van der Waals surface area contributed by atoms with E-state index in [-0.39, 0.29) is 58.0 Å². The van der Waals surface area contributed by atoms with Crippen LogP contribution >= 0.6 is 11.6 Å². The number of carbonyl (C=O) groups excluding carboxylic acids is 1. The lowest BCUT2D eigenvalue weighted by molar-refractivity contribution is -0.129. The number of ether oxygens (including phenoxy) is 1. The van der Waals surface area contributed by atoms with Gasteiger partial charge >= 0.3 is 0 Å². The van der Waals surface area contributed by atoms with Gasteiger partial charge in [0.25, 0.3) is 5.56 Å². The number of amides is 1. The predicted molar refractivity (Wildman–Crippen MR) is 127 cm³/mol. The van der Waals surface area contributed by atoms with Crippen LogP contribution in [0.15, 0.2) is 41.7 Å².